The molecular formula is C78H76O10. The van der Waals surface area contributed by atoms with Crippen LogP contribution in [0.5, 0.6) is 11.5 Å². The molecule has 0 saturated carbocycles. The van der Waals surface area contributed by atoms with Crippen LogP contribution in [0, 0.1) is 0 Å². The van der Waals surface area contributed by atoms with Crippen molar-refractivity contribution in [3.63, 3.8) is 0 Å². The molecule has 15 aliphatic rings. The zero-order valence-corrected chi connectivity index (χ0v) is 49.9. The molecule has 0 amide bonds. The lowest BCUT2D eigenvalue weighted by Gasteiger charge is -2.10. The first-order valence-corrected chi connectivity index (χ1v) is 30.6. The van der Waals surface area contributed by atoms with Gasteiger partial charge < -0.3 is 47.4 Å². The SMILES string of the molecule is c1cc2ccc1OCCOCCOCCOCCOCCOCCOCCOCCOCCOc1ccc(cc1)-c1ccc(cc1)-c1ccc(cc1)-c1ccc(cc1)-c1ccc(cc1)-c1ccc(cc1)-c1ccc(cc1)-c1ccc(cc1)-c1ccc-2cc1. The Kier molecular flexibility index (Phi) is 22.9. The van der Waals surface area contributed by atoms with Gasteiger partial charge in [0.15, 0.2) is 0 Å². The summed E-state index contributed by atoms with van der Waals surface area (Å²) < 4.78 is 56.9. The molecule has 0 radical (unpaired) electrons. The minimum absolute atomic E-state index is 0.456. The molecule has 0 N–H and O–H groups in total. The average Bonchev–Trinajstić information content (AvgIpc) is 3.53. The van der Waals surface area contributed by atoms with Gasteiger partial charge in [-0.25, -0.2) is 0 Å². The van der Waals surface area contributed by atoms with Crippen LogP contribution >= 0.6 is 0 Å². The van der Waals surface area contributed by atoms with Gasteiger partial charge >= 0.3 is 0 Å². The van der Waals surface area contributed by atoms with Gasteiger partial charge in [0.05, 0.1) is 106 Å². The van der Waals surface area contributed by atoms with E-state index in [0.29, 0.717) is 119 Å². The molecule has 448 valence electrons. The highest BCUT2D eigenvalue weighted by atomic mass is 16.6. The van der Waals surface area contributed by atoms with Crippen LogP contribution in [0.1, 0.15) is 0 Å². The van der Waals surface area contributed by atoms with Gasteiger partial charge in [0, 0.05) is 0 Å². The molecule has 0 fully saturated rings. The Balaban J connectivity index is 0.664. The zero-order chi connectivity index (χ0) is 59.6. The number of benzene rings is 10. The van der Waals surface area contributed by atoms with E-state index in [1.54, 1.807) is 0 Å². The van der Waals surface area contributed by atoms with Crippen molar-refractivity contribution in [2.24, 2.45) is 0 Å². The molecule has 25 rings (SSSR count). The Morgan fingerprint density at radius 1 is 0.114 bits per heavy atom. The van der Waals surface area contributed by atoms with Crippen LogP contribution in [-0.4, -0.2) is 119 Å². The Hall–Kier alpha value is -8.52. The van der Waals surface area contributed by atoms with Crippen LogP contribution in [0.15, 0.2) is 243 Å². The van der Waals surface area contributed by atoms with E-state index in [9.17, 15) is 0 Å². The summed E-state index contributed by atoms with van der Waals surface area (Å²) >= 11 is 0. The van der Waals surface area contributed by atoms with E-state index >= 15 is 0 Å². The topological polar surface area (TPSA) is 92.3 Å². The molecule has 88 heavy (non-hydrogen) atoms. The van der Waals surface area contributed by atoms with Crippen molar-refractivity contribution in [1.82, 2.24) is 0 Å². The first kappa shape index (κ1) is 61.1. The molecule has 15 heterocycles. The van der Waals surface area contributed by atoms with Crippen molar-refractivity contribution in [1.29, 1.82) is 0 Å². The smallest absolute Gasteiger partial charge is 0.119 e. The molecule has 0 unspecified atom stereocenters. The van der Waals surface area contributed by atoms with Crippen LogP contribution in [0.2, 0.25) is 0 Å². The first-order chi connectivity index (χ1) is 43.6. The van der Waals surface area contributed by atoms with Crippen LogP contribution in [0.4, 0.5) is 0 Å². The second kappa shape index (κ2) is 33.0. The normalized spacial score (nSPS) is 15.2. The standard InChI is InChI=1S/C78H76O10/c1-5-61-6-2-59(1)60-3-7-62(8-4-60)64-11-15-66(16-12-64)68-19-23-70(24-20-68)72-27-31-74(32-28-72)76-35-39-78(40-36-76)88-58-56-86-54-52-84-50-48-82-46-44-80-42-41-79-43-45-81-47-49-83-51-53-85-55-57-87-77-37-33-75(34-38-77)73-29-25-71(26-30-73)69-21-17-67(18-22-69)65-13-9-63(61)10-14-65/h1-40H,41-58H2. The molecule has 10 aromatic carbocycles. The van der Waals surface area contributed by atoms with Gasteiger partial charge in [-0.1, -0.05) is 218 Å². The fourth-order valence-electron chi connectivity index (χ4n) is 10.4. The lowest BCUT2D eigenvalue weighted by molar-refractivity contribution is -0.0241. The van der Waals surface area contributed by atoms with Crippen molar-refractivity contribution < 1.29 is 47.4 Å². The van der Waals surface area contributed by atoms with Gasteiger partial charge in [-0.2, -0.15) is 0 Å². The molecule has 0 spiro atoms. The molecular weight excluding hydrogens is 1100 g/mol. The predicted molar refractivity (Wildman–Crippen MR) is 353 cm³/mol. The molecule has 10 nitrogen and oxygen atoms in total. The Morgan fingerprint density at radius 2 is 0.205 bits per heavy atom. The Morgan fingerprint density at radius 3 is 0.318 bits per heavy atom. The van der Waals surface area contributed by atoms with Crippen LogP contribution in [-0.2, 0) is 37.9 Å². The van der Waals surface area contributed by atoms with Gasteiger partial charge in [0.25, 0.3) is 0 Å². The summed E-state index contributed by atoms with van der Waals surface area (Å²) in [6, 6.07) is 86.9. The largest absolute Gasteiger partial charge is 0.491 e. The van der Waals surface area contributed by atoms with Crippen molar-refractivity contribution in [3.8, 4) is 112 Å². The summed E-state index contributed by atoms with van der Waals surface area (Å²) in [6.07, 6.45) is 0. The van der Waals surface area contributed by atoms with Gasteiger partial charge in [-0.15, -0.1) is 0 Å². The molecule has 10 heteroatoms. The van der Waals surface area contributed by atoms with E-state index in [1.165, 1.54) is 77.9 Å². The fraction of sp³-hybridized carbons (Fsp3) is 0.231. The van der Waals surface area contributed by atoms with E-state index in [0.717, 1.165) is 33.8 Å². The quantitative estimate of drug-likeness (QED) is 0.146. The Labute approximate surface area is 518 Å². The maximum Gasteiger partial charge on any atom is 0.119 e. The third kappa shape index (κ3) is 18.0. The third-order valence-corrected chi connectivity index (χ3v) is 15.4. The molecule has 0 atom stereocenters. The van der Waals surface area contributed by atoms with Gasteiger partial charge in [-0.05, 0) is 124 Å². The Bertz CT molecular complexity index is 3360. The summed E-state index contributed by atoms with van der Waals surface area (Å²) in [7, 11) is 0. The highest BCUT2D eigenvalue weighted by Gasteiger charge is 2.09. The second-order valence-electron chi connectivity index (χ2n) is 21.3. The number of ether oxygens (including phenoxy) is 10. The molecule has 0 saturated heterocycles. The maximum absolute atomic E-state index is 5.93. The van der Waals surface area contributed by atoms with E-state index in [4.69, 9.17) is 47.4 Å². The van der Waals surface area contributed by atoms with E-state index < -0.39 is 0 Å². The molecule has 15 aliphatic heterocycles. The lowest BCUT2D eigenvalue weighted by atomic mass is 9.95. The highest BCUT2D eigenvalue weighted by molar-refractivity contribution is 5.79. The third-order valence-electron chi connectivity index (χ3n) is 15.4. The monoisotopic (exact) mass is 1170 g/mol. The van der Waals surface area contributed by atoms with Crippen LogP contribution in [0.3, 0.4) is 0 Å². The van der Waals surface area contributed by atoms with Crippen molar-refractivity contribution in [3.05, 3.63) is 243 Å². The number of hydrogen-bond donors (Lipinski definition) is 0. The van der Waals surface area contributed by atoms with E-state index in [-0.39, 0.29) is 0 Å². The lowest BCUT2D eigenvalue weighted by Crippen LogP contribution is -2.15. The summed E-state index contributed by atoms with van der Waals surface area (Å²) in [5, 5.41) is 0. The fourth-order valence-corrected chi connectivity index (χ4v) is 10.4. The molecule has 20 bridgehead atoms. The van der Waals surface area contributed by atoms with Gasteiger partial charge in [0.1, 0.15) is 24.7 Å². The minimum Gasteiger partial charge on any atom is -0.491 e. The van der Waals surface area contributed by atoms with Crippen LogP contribution in [0.25, 0.3) is 100 Å². The predicted octanol–water partition coefficient (Wildman–Crippen LogP) is 16.6. The summed E-state index contributed by atoms with van der Waals surface area (Å²) in [5.41, 5.74) is 21.1. The maximum atomic E-state index is 5.93. The van der Waals surface area contributed by atoms with Crippen molar-refractivity contribution in [2.75, 3.05) is 119 Å². The molecule has 0 aliphatic carbocycles. The minimum atomic E-state index is 0.456. The zero-order valence-electron chi connectivity index (χ0n) is 49.9. The van der Waals surface area contributed by atoms with Gasteiger partial charge in [0.2, 0.25) is 0 Å². The van der Waals surface area contributed by atoms with Gasteiger partial charge in [-0.3, -0.25) is 0 Å². The van der Waals surface area contributed by atoms with E-state index in [2.05, 4.69) is 218 Å². The average molecular weight is 1170 g/mol. The van der Waals surface area contributed by atoms with Crippen molar-refractivity contribution in [2.45, 2.75) is 0 Å². The van der Waals surface area contributed by atoms with E-state index in [1.807, 2.05) is 24.3 Å². The van der Waals surface area contributed by atoms with Crippen molar-refractivity contribution >= 4 is 0 Å². The second-order valence-corrected chi connectivity index (χ2v) is 21.3. The first-order valence-electron chi connectivity index (χ1n) is 30.6. The number of hydrogen-bond acceptors (Lipinski definition) is 10. The van der Waals surface area contributed by atoms with Crippen LogP contribution < -0.4 is 9.47 Å². The summed E-state index contributed by atoms with van der Waals surface area (Å²) in [6.45, 7) is 8.73. The summed E-state index contributed by atoms with van der Waals surface area (Å²) in [4.78, 5) is 0. The number of rotatable bonds is 0. The molecule has 0 aromatic heterocycles. The summed E-state index contributed by atoms with van der Waals surface area (Å²) in [5.74, 6) is 1.61. The molecule has 10 aromatic rings. The number of fused-ring (bicyclic) bond motifs is 6. The highest BCUT2D eigenvalue weighted by Crippen LogP contribution is 2.34.